The Balaban J connectivity index is 0.000000179. The number of hydrogen-bond donors (Lipinski definition) is 1. The van der Waals surface area contributed by atoms with Crippen molar-refractivity contribution in [2.24, 2.45) is 0 Å². The van der Waals surface area contributed by atoms with E-state index in [-0.39, 0.29) is 4.90 Å². The topological polar surface area (TPSA) is 67.3 Å². The van der Waals surface area contributed by atoms with Crippen LogP contribution in [0.1, 0.15) is 5.56 Å². The molecule has 0 aliphatic carbocycles. The largest absolute Gasteiger partial charge is 0.294 e. The van der Waals surface area contributed by atoms with Gasteiger partial charge in [0.05, 0.1) is 4.90 Å². The first-order chi connectivity index (χ1) is 11.0. The summed E-state index contributed by atoms with van der Waals surface area (Å²) in [6, 6.07) is 23.4. The van der Waals surface area contributed by atoms with Gasteiger partial charge in [-0.1, -0.05) is 60.2 Å². The fraction of sp³-hybridized carbons (Fsp3) is 0.0556. The minimum atomic E-state index is -4.00. The quantitative estimate of drug-likeness (QED) is 0.685. The van der Waals surface area contributed by atoms with Crippen LogP contribution in [0.2, 0.25) is 0 Å². The summed E-state index contributed by atoms with van der Waals surface area (Å²) >= 11 is 0. The minimum absolute atomic E-state index is 0.0741. The molecule has 0 saturated heterocycles. The van der Waals surface area contributed by atoms with E-state index < -0.39 is 10.1 Å². The molecule has 0 atom stereocenters. The second kappa shape index (κ2) is 10.3. The summed E-state index contributed by atoms with van der Waals surface area (Å²) in [5.41, 5.74) is 1.32. The molecule has 1 heterocycles. The number of hydrogen-bond acceptors (Lipinski definition) is 3. The van der Waals surface area contributed by atoms with Crippen LogP contribution in [0, 0.1) is 6.92 Å². The van der Waals surface area contributed by atoms with Crippen molar-refractivity contribution in [3.8, 4) is 0 Å². The molecule has 23 heavy (non-hydrogen) atoms. The number of aromatic nitrogens is 1. The van der Waals surface area contributed by atoms with Crippen LogP contribution in [-0.4, -0.2) is 18.0 Å². The number of rotatable bonds is 1. The van der Waals surface area contributed by atoms with Crippen molar-refractivity contribution in [1.29, 1.82) is 0 Å². The molecule has 3 rings (SSSR count). The third-order valence-corrected chi connectivity index (χ3v) is 3.42. The third kappa shape index (κ3) is 9.18. The first kappa shape index (κ1) is 18.5. The van der Waals surface area contributed by atoms with Gasteiger partial charge >= 0.3 is 0 Å². The van der Waals surface area contributed by atoms with Crippen LogP contribution in [-0.2, 0) is 10.1 Å². The fourth-order valence-electron chi connectivity index (χ4n) is 1.44. The van der Waals surface area contributed by atoms with E-state index in [1.807, 2.05) is 36.4 Å². The van der Waals surface area contributed by atoms with Crippen molar-refractivity contribution in [3.05, 3.63) is 96.8 Å². The maximum absolute atomic E-state index is 10.4. The van der Waals surface area contributed by atoms with Crippen molar-refractivity contribution in [1.82, 2.24) is 4.98 Å². The summed E-state index contributed by atoms with van der Waals surface area (Å²) in [6.07, 6.45) is 3.50. The Morgan fingerprint density at radius 3 is 1.39 bits per heavy atom. The fourth-order valence-corrected chi connectivity index (χ4v) is 1.94. The Kier molecular flexibility index (Phi) is 8.28. The summed E-state index contributed by atoms with van der Waals surface area (Å²) in [7, 11) is -4.00. The molecule has 0 bridgehead atoms. The van der Waals surface area contributed by atoms with E-state index in [1.54, 1.807) is 30.6 Å². The molecule has 1 aromatic heterocycles. The van der Waals surface area contributed by atoms with E-state index in [0.29, 0.717) is 0 Å². The van der Waals surface area contributed by atoms with E-state index in [9.17, 15) is 8.42 Å². The molecule has 0 aliphatic rings. The number of aryl methyl sites for hydroxylation is 1. The van der Waals surface area contributed by atoms with Crippen LogP contribution in [0.5, 0.6) is 0 Å². The van der Waals surface area contributed by atoms with Crippen molar-refractivity contribution in [3.63, 3.8) is 0 Å². The molecule has 0 spiro atoms. The Morgan fingerprint density at radius 2 is 1.17 bits per heavy atom. The molecule has 0 unspecified atom stereocenters. The van der Waals surface area contributed by atoms with Gasteiger partial charge in [0.2, 0.25) is 0 Å². The van der Waals surface area contributed by atoms with Gasteiger partial charge in [-0.25, -0.2) is 0 Å². The highest BCUT2D eigenvalue weighted by Crippen LogP contribution is 2.05. The lowest BCUT2D eigenvalue weighted by molar-refractivity contribution is 0.483. The SMILES string of the molecule is Cc1ccccc1.O=S(=O)(O)c1ccccc1.c1ccncc1. The Morgan fingerprint density at radius 1 is 0.739 bits per heavy atom. The maximum atomic E-state index is 10.4. The predicted molar refractivity (Wildman–Crippen MR) is 91.7 cm³/mol. The lowest BCUT2D eigenvalue weighted by Crippen LogP contribution is -1.96. The van der Waals surface area contributed by atoms with Gasteiger partial charge in [0, 0.05) is 12.4 Å². The maximum Gasteiger partial charge on any atom is 0.294 e. The Labute approximate surface area is 137 Å². The average molecular weight is 329 g/mol. The molecule has 0 amide bonds. The second-order valence-corrected chi connectivity index (χ2v) is 5.89. The van der Waals surface area contributed by atoms with Gasteiger partial charge in [-0.05, 0) is 31.2 Å². The molecule has 5 heteroatoms. The van der Waals surface area contributed by atoms with E-state index in [2.05, 4.69) is 24.0 Å². The molecule has 0 aliphatic heterocycles. The van der Waals surface area contributed by atoms with Crippen molar-refractivity contribution in [2.45, 2.75) is 11.8 Å². The van der Waals surface area contributed by atoms with Crippen molar-refractivity contribution >= 4 is 10.1 Å². The van der Waals surface area contributed by atoms with Crippen molar-refractivity contribution < 1.29 is 13.0 Å². The van der Waals surface area contributed by atoms with E-state index >= 15 is 0 Å². The monoisotopic (exact) mass is 329 g/mol. The van der Waals surface area contributed by atoms with Gasteiger partial charge in [-0.2, -0.15) is 8.42 Å². The molecule has 0 radical (unpaired) electrons. The molecule has 3 aromatic rings. The van der Waals surface area contributed by atoms with Crippen LogP contribution in [0.4, 0.5) is 0 Å². The molecule has 4 nitrogen and oxygen atoms in total. The van der Waals surface area contributed by atoms with Crippen LogP contribution in [0.15, 0.2) is 96.2 Å². The van der Waals surface area contributed by atoms with E-state index in [0.717, 1.165) is 0 Å². The molecule has 120 valence electrons. The average Bonchev–Trinajstić information content (AvgIpc) is 2.58. The highest BCUT2D eigenvalue weighted by molar-refractivity contribution is 7.85. The zero-order chi connectivity index (χ0) is 17.0. The molecule has 2 aromatic carbocycles. The Bertz CT molecular complexity index is 719. The first-order valence-electron chi connectivity index (χ1n) is 6.89. The van der Waals surface area contributed by atoms with Gasteiger partial charge in [0.25, 0.3) is 10.1 Å². The minimum Gasteiger partial charge on any atom is -0.282 e. The van der Waals surface area contributed by atoms with Crippen molar-refractivity contribution in [2.75, 3.05) is 0 Å². The molecule has 0 fully saturated rings. The summed E-state index contributed by atoms with van der Waals surface area (Å²) in [5, 5.41) is 0. The van der Waals surface area contributed by atoms with Crippen LogP contribution >= 0.6 is 0 Å². The second-order valence-electron chi connectivity index (χ2n) is 4.47. The van der Waals surface area contributed by atoms with Gasteiger partial charge in [-0.3, -0.25) is 9.54 Å². The summed E-state index contributed by atoms with van der Waals surface area (Å²) < 4.78 is 29.2. The first-order valence-corrected chi connectivity index (χ1v) is 8.33. The lowest BCUT2D eigenvalue weighted by atomic mass is 10.2. The summed E-state index contributed by atoms with van der Waals surface area (Å²) in [4.78, 5) is 3.71. The van der Waals surface area contributed by atoms with Crippen LogP contribution in [0.3, 0.4) is 0 Å². The van der Waals surface area contributed by atoms with Gasteiger partial charge < -0.3 is 0 Å². The third-order valence-electron chi connectivity index (χ3n) is 2.55. The van der Waals surface area contributed by atoms with Crippen LogP contribution in [0.25, 0.3) is 0 Å². The van der Waals surface area contributed by atoms with Gasteiger partial charge in [-0.15, -0.1) is 0 Å². The normalized spacial score (nSPS) is 9.65. The zero-order valence-electron chi connectivity index (χ0n) is 12.8. The summed E-state index contributed by atoms with van der Waals surface area (Å²) in [5.74, 6) is 0. The van der Waals surface area contributed by atoms with Gasteiger partial charge in [0.15, 0.2) is 0 Å². The number of nitrogens with zero attached hydrogens (tertiary/aromatic N) is 1. The molecule has 1 N–H and O–H groups in total. The predicted octanol–water partition coefficient (Wildman–Crippen LogP) is 4.01. The smallest absolute Gasteiger partial charge is 0.282 e. The molecular weight excluding hydrogens is 310 g/mol. The van der Waals surface area contributed by atoms with E-state index in [1.165, 1.54) is 17.7 Å². The Hall–Kier alpha value is -2.50. The lowest BCUT2D eigenvalue weighted by Gasteiger charge is -1.92. The highest BCUT2D eigenvalue weighted by atomic mass is 32.2. The summed E-state index contributed by atoms with van der Waals surface area (Å²) in [6.45, 7) is 2.08. The highest BCUT2D eigenvalue weighted by Gasteiger charge is 2.05. The van der Waals surface area contributed by atoms with Gasteiger partial charge in [0.1, 0.15) is 0 Å². The number of pyridine rings is 1. The standard InChI is InChI=1S/C7H8.C6H6O3S.C5H5N/c1-7-5-3-2-4-6-7;7-10(8,9)6-4-2-1-3-5-6;1-2-4-6-5-3-1/h2-6H,1H3;1-5H,(H,7,8,9);1-5H. The number of benzene rings is 2. The van der Waals surface area contributed by atoms with E-state index in [4.69, 9.17) is 4.55 Å². The van der Waals surface area contributed by atoms with Crippen LogP contribution < -0.4 is 0 Å². The zero-order valence-corrected chi connectivity index (χ0v) is 13.6. The molecular formula is C18H19NO3S. The molecule has 0 saturated carbocycles.